The summed E-state index contributed by atoms with van der Waals surface area (Å²) in [5, 5.41) is 22.4. The zero-order valence-corrected chi connectivity index (χ0v) is 39.9. The summed E-state index contributed by atoms with van der Waals surface area (Å²) >= 11 is 0. The number of aryl methyl sites for hydroxylation is 1. The molecule has 0 aromatic heterocycles. The van der Waals surface area contributed by atoms with Crippen LogP contribution in [0.15, 0.2) is 77.7 Å². The molecular weight excluding hydrogens is 905 g/mol. The molecule has 1 saturated heterocycles. The molecule has 0 spiro atoms. The van der Waals surface area contributed by atoms with Gasteiger partial charge in [-0.1, -0.05) is 94.3 Å². The van der Waals surface area contributed by atoms with Gasteiger partial charge >= 0.3 is 0 Å². The van der Waals surface area contributed by atoms with Crippen molar-refractivity contribution in [2.45, 2.75) is 101 Å². The number of carbonyl (C=O) groups excluding carboxylic acids is 5. The lowest BCUT2D eigenvalue weighted by Gasteiger charge is -2.30. The molecule has 1 aliphatic heterocycles. The second-order valence-corrected chi connectivity index (χ2v) is 19.3. The van der Waals surface area contributed by atoms with Crippen molar-refractivity contribution in [3.63, 3.8) is 0 Å². The fourth-order valence-electron chi connectivity index (χ4n) is 7.35. The molecule has 5 atom stereocenters. The molecule has 1 aliphatic rings. The predicted molar refractivity (Wildman–Crippen MR) is 248 cm³/mol. The number of nitrogens with zero attached hydrogens (tertiary/aromatic N) is 1. The minimum absolute atomic E-state index is 0.0486. The normalized spacial score (nSPS) is 15.8. The van der Waals surface area contributed by atoms with Crippen molar-refractivity contribution in [3.8, 4) is 18.1 Å². The molecule has 19 heteroatoms. The van der Waals surface area contributed by atoms with E-state index < -0.39 is 98.9 Å². The van der Waals surface area contributed by atoms with Gasteiger partial charge in [-0.3, -0.25) is 33.1 Å². The first-order valence-corrected chi connectivity index (χ1v) is 23.9. The van der Waals surface area contributed by atoms with Crippen molar-refractivity contribution in [2.24, 2.45) is 11.8 Å². The lowest BCUT2D eigenvalue weighted by atomic mass is 9.90. The fraction of sp³-hybridized carbons (Fsp3) is 0.490. The van der Waals surface area contributed by atoms with Gasteiger partial charge in [-0.05, 0) is 67.7 Å². The number of carbonyl (C=O) groups is 5. The van der Waals surface area contributed by atoms with E-state index in [1.54, 1.807) is 44.2 Å². The maximum absolute atomic E-state index is 14.9. The van der Waals surface area contributed by atoms with Gasteiger partial charge in [0.2, 0.25) is 29.4 Å². The van der Waals surface area contributed by atoms with E-state index in [1.165, 1.54) is 0 Å². The maximum Gasteiger partial charge on any atom is 0.300 e. The highest BCUT2D eigenvalue weighted by molar-refractivity contribution is 7.86. The molecule has 0 bridgehead atoms. The predicted octanol–water partition coefficient (Wildman–Crippen LogP) is 3.24. The van der Waals surface area contributed by atoms with Gasteiger partial charge in [0.25, 0.3) is 10.1 Å². The Balaban J connectivity index is 1.55. The summed E-state index contributed by atoms with van der Waals surface area (Å²) in [6.07, 6.45) is 5.75. The van der Waals surface area contributed by atoms with E-state index in [0.29, 0.717) is 44.4 Å². The molecule has 3 aromatic carbocycles. The fourth-order valence-corrected chi connectivity index (χ4v) is 8.40. The molecule has 0 radical (unpaired) electrons. The Morgan fingerprint density at radius 1 is 0.779 bits per heavy atom. The van der Waals surface area contributed by atoms with E-state index in [9.17, 15) is 46.3 Å². The highest BCUT2D eigenvalue weighted by Gasteiger charge is 2.41. The van der Waals surface area contributed by atoms with Gasteiger partial charge in [0.15, 0.2) is 17.3 Å². The number of ketones is 1. The number of rotatable bonds is 26. The van der Waals surface area contributed by atoms with Gasteiger partial charge in [0.05, 0.1) is 25.8 Å². The van der Waals surface area contributed by atoms with Crippen molar-refractivity contribution in [1.29, 1.82) is 0 Å². The molecule has 68 heavy (non-hydrogen) atoms. The standard InChI is InChI=1S/C49H63F2N5O11S/c1-7-24-66-40-20-21-41(44(51)43(40)50)68(63,64)67-31-49(6,62)45(58)37(27-32(2)3)53-48(61)39(29-35-16-12-9-13-17-35)55-47(60)38(28-33(4)5)54-46(59)36(19-18-34-14-10-8-11-15-34)52-42(57)30-56-22-25-65-26-23-56/h1,8-17,20-21,32-33,36-39,62H,18-19,22-31H2,2-6H3,(H,52,57)(H,53,61)(H,54,59)(H,55,60). The lowest BCUT2D eigenvalue weighted by molar-refractivity contribution is -0.143. The Bertz CT molecular complexity index is 2320. The van der Waals surface area contributed by atoms with Gasteiger partial charge in [-0.15, -0.1) is 6.42 Å². The van der Waals surface area contributed by atoms with Gasteiger partial charge in [-0.2, -0.15) is 12.8 Å². The van der Waals surface area contributed by atoms with Gasteiger partial charge in [-0.25, -0.2) is 4.39 Å². The van der Waals surface area contributed by atoms with Crippen molar-refractivity contribution in [3.05, 3.63) is 95.6 Å². The number of aliphatic hydroxyl groups is 1. The maximum atomic E-state index is 14.9. The SMILES string of the molecule is C#CCOc1ccc(S(=O)(=O)OCC(C)(O)C(=O)C(CC(C)C)NC(=O)C(Cc2ccccc2)NC(=O)C(CC(C)C)NC(=O)C(CCc2ccccc2)NC(=O)CN2CCOCC2)c(F)c1F. The average molecular weight is 968 g/mol. The zero-order chi connectivity index (χ0) is 50.0. The number of amides is 4. The van der Waals surface area contributed by atoms with Crippen molar-refractivity contribution in [1.82, 2.24) is 26.2 Å². The van der Waals surface area contributed by atoms with E-state index in [4.69, 9.17) is 20.1 Å². The first-order chi connectivity index (χ1) is 32.2. The first-order valence-electron chi connectivity index (χ1n) is 22.5. The van der Waals surface area contributed by atoms with Crippen LogP contribution >= 0.6 is 0 Å². The van der Waals surface area contributed by atoms with Crippen LogP contribution in [-0.4, -0.2) is 124 Å². The third kappa shape index (κ3) is 17.1. The number of hydrogen-bond donors (Lipinski definition) is 5. The van der Waals surface area contributed by atoms with Crippen LogP contribution < -0.4 is 26.0 Å². The smallest absolute Gasteiger partial charge is 0.300 e. The minimum atomic E-state index is -5.13. The summed E-state index contributed by atoms with van der Waals surface area (Å²) in [6.45, 7) is 8.55. The molecule has 5 N–H and O–H groups in total. The topological polar surface area (TPSA) is 219 Å². The van der Waals surface area contributed by atoms with Crippen LogP contribution in [0.2, 0.25) is 0 Å². The Labute approximate surface area is 397 Å². The number of terminal acetylenes is 1. The molecule has 370 valence electrons. The summed E-state index contributed by atoms with van der Waals surface area (Å²) in [5.41, 5.74) is -1.06. The summed E-state index contributed by atoms with van der Waals surface area (Å²) < 4.78 is 70.8. The second kappa shape index (κ2) is 26.1. The van der Waals surface area contributed by atoms with E-state index in [-0.39, 0.29) is 50.0 Å². The van der Waals surface area contributed by atoms with E-state index >= 15 is 0 Å². The average Bonchev–Trinajstić information content (AvgIpc) is 3.29. The van der Waals surface area contributed by atoms with Crippen LogP contribution in [0.4, 0.5) is 8.78 Å². The summed E-state index contributed by atoms with van der Waals surface area (Å²) in [7, 11) is -5.13. The monoisotopic (exact) mass is 967 g/mol. The number of nitrogens with one attached hydrogen (secondary N) is 4. The summed E-state index contributed by atoms with van der Waals surface area (Å²) in [4.78, 5) is 70.7. The molecular formula is C49H63F2N5O11S. The third-order valence-electron chi connectivity index (χ3n) is 10.9. The molecule has 0 saturated carbocycles. The first kappa shape index (κ1) is 54.8. The van der Waals surface area contributed by atoms with Crippen molar-refractivity contribution >= 4 is 39.5 Å². The van der Waals surface area contributed by atoms with E-state index in [0.717, 1.165) is 18.6 Å². The Hall–Kier alpha value is -5.78. The Kier molecular flexibility index (Phi) is 21.0. The molecule has 4 rings (SSSR count). The number of hydrogen-bond acceptors (Lipinski definition) is 12. The second-order valence-electron chi connectivity index (χ2n) is 17.7. The number of ether oxygens (including phenoxy) is 2. The van der Waals surface area contributed by atoms with E-state index in [2.05, 4.69) is 27.2 Å². The largest absolute Gasteiger partial charge is 0.478 e. The van der Waals surface area contributed by atoms with Crippen LogP contribution in [-0.2, 0) is 55.9 Å². The van der Waals surface area contributed by atoms with Gasteiger partial charge in [0.1, 0.15) is 41.8 Å². The Morgan fingerprint density at radius 2 is 1.32 bits per heavy atom. The van der Waals surface area contributed by atoms with Crippen molar-refractivity contribution < 1.29 is 59.9 Å². The highest BCUT2D eigenvalue weighted by atomic mass is 32.2. The minimum Gasteiger partial charge on any atom is -0.478 e. The van der Waals surface area contributed by atoms with Gasteiger partial charge < -0.3 is 35.8 Å². The molecule has 5 unspecified atom stereocenters. The summed E-state index contributed by atoms with van der Waals surface area (Å²) in [5.74, 6) is -6.12. The molecule has 0 aliphatic carbocycles. The van der Waals surface area contributed by atoms with Crippen LogP contribution in [0.1, 0.15) is 65.0 Å². The molecule has 3 aromatic rings. The molecule has 1 fully saturated rings. The zero-order valence-electron chi connectivity index (χ0n) is 39.1. The van der Waals surface area contributed by atoms with Crippen molar-refractivity contribution in [2.75, 3.05) is 46.1 Å². The lowest BCUT2D eigenvalue weighted by Crippen LogP contribution is -2.60. The van der Waals surface area contributed by atoms with Crippen LogP contribution in [0, 0.1) is 35.8 Å². The van der Waals surface area contributed by atoms with E-state index in [1.807, 2.05) is 49.1 Å². The third-order valence-corrected chi connectivity index (χ3v) is 12.2. The highest BCUT2D eigenvalue weighted by Crippen LogP contribution is 2.28. The molecule has 16 nitrogen and oxygen atoms in total. The van der Waals surface area contributed by atoms with Crippen LogP contribution in [0.3, 0.4) is 0 Å². The number of benzene rings is 3. The van der Waals surface area contributed by atoms with Gasteiger partial charge in [0, 0.05) is 19.5 Å². The van der Waals surface area contributed by atoms with Crippen LogP contribution in [0.25, 0.3) is 0 Å². The molecule has 4 amide bonds. The number of halogens is 2. The number of morpholine rings is 1. The molecule has 1 heterocycles. The van der Waals surface area contributed by atoms with Crippen LogP contribution in [0.5, 0.6) is 5.75 Å². The quantitative estimate of drug-likeness (QED) is 0.0579. The number of Topliss-reactive ketones (excluding diaryl/α,β-unsaturated/α-hetero) is 1. The summed E-state index contributed by atoms with van der Waals surface area (Å²) in [6, 6.07) is 14.6. The Morgan fingerprint density at radius 3 is 1.93 bits per heavy atom.